The van der Waals surface area contributed by atoms with Crippen molar-refractivity contribution < 1.29 is 4.79 Å². The minimum absolute atomic E-state index is 0.187. The quantitative estimate of drug-likeness (QED) is 0.822. The molecular weight excluding hydrogens is 226 g/mol. The lowest BCUT2D eigenvalue weighted by molar-refractivity contribution is -0.135. The molecule has 2 rings (SSSR count). The lowest BCUT2D eigenvalue weighted by atomic mass is 9.75. The maximum Gasteiger partial charge on any atom is 0.224 e. The number of rotatable bonds is 3. The highest BCUT2D eigenvalue weighted by atomic mass is 16.2. The van der Waals surface area contributed by atoms with E-state index >= 15 is 0 Å². The van der Waals surface area contributed by atoms with Crippen molar-refractivity contribution in [3.05, 3.63) is 0 Å². The number of carbonyl (C=O) groups is 1. The molecule has 1 amide bonds. The van der Waals surface area contributed by atoms with Gasteiger partial charge in [0.15, 0.2) is 0 Å². The van der Waals surface area contributed by atoms with Gasteiger partial charge in [-0.3, -0.25) is 4.79 Å². The van der Waals surface area contributed by atoms with E-state index in [1.807, 2.05) is 0 Å². The summed E-state index contributed by atoms with van der Waals surface area (Å²) in [7, 11) is 2.15. The molecule has 18 heavy (non-hydrogen) atoms. The van der Waals surface area contributed by atoms with Gasteiger partial charge in [0.1, 0.15) is 0 Å². The van der Waals surface area contributed by atoms with Gasteiger partial charge in [0.25, 0.3) is 0 Å². The lowest BCUT2D eigenvalue weighted by Gasteiger charge is -2.40. The zero-order valence-electron chi connectivity index (χ0n) is 11.8. The Bertz CT molecular complexity index is 301. The van der Waals surface area contributed by atoms with Gasteiger partial charge in [-0.2, -0.15) is 0 Å². The molecule has 2 fully saturated rings. The van der Waals surface area contributed by atoms with E-state index in [1.54, 1.807) is 0 Å². The molecule has 1 unspecified atom stereocenters. The van der Waals surface area contributed by atoms with Crippen LogP contribution in [0, 0.1) is 0 Å². The summed E-state index contributed by atoms with van der Waals surface area (Å²) < 4.78 is 0. The van der Waals surface area contributed by atoms with E-state index in [0.717, 1.165) is 45.3 Å². The number of likely N-dealkylation sites (N-methyl/N-ethyl adjacent to an activating group) is 1. The number of hydrogen-bond donors (Lipinski definition) is 1. The molecule has 0 aromatic rings. The van der Waals surface area contributed by atoms with Gasteiger partial charge in [-0.15, -0.1) is 0 Å². The van der Waals surface area contributed by atoms with Gasteiger partial charge in [0.05, 0.1) is 0 Å². The van der Waals surface area contributed by atoms with Gasteiger partial charge in [-0.05, 0) is 45.7 Å². The Labute approximate surface area is 110 Å². The number of carbonyl (C=O) groups excluding carboxylic acids is 1. The first-order valence-corrected chi connectivity index (χ1v) is 7.31. The maximum atomic E-state index is 12.5. The molecule has 1 saturated heterocycles. The summed E-state index contributed by atoms with van der Waals surface area (Å²) in [5.74, 6) is 0.277. The summed E-state index contributed by atoms with van der Waals surface area (Å²) in [5, 5.41) is 0. The molecular formula is C14H27N3O. The zero-order valence-corrected chi connectivity index (χ0v) is 11.8. The van der Waals surface area contributed by atoms with Crippen molar-refractivity contribution in [1.82, 2.24) is 9.80 Å². The number of nitrogens with zero attached hydrogens (tertiary/aromatic N) is 2. The van der Waals surface area contributed by atoms with Gasteiger partial charge in [0.2, 0.25) is 5.91 Å². The molecule has 4 heteroatoms. The van der Waals surface area contributed by atoms with E-state index in [0.29, 0.717) is 12.5 Å². The molecule has 4 nitrogen and oxygen atoms in total. The van der Waals surface area contributed by atoms with Crippen LogP contribution in [-0.2, 0) is 4.79 Å². The Morgan fingerprint density at radius 1 is 1.33 bits per heavy atom. The molecule has 104 valence electrons. The average molecular weight is 253 g/mol. The maximum absolute atomic E-state index is 12.5. The summed E-state index contributed by atoms with van der Waals surface area (Å²) in [4.78, 5) is 16.9. The Kier molecular flexibility index (Phi) is 4.28. The molecule has 0 aromatic heterocycles. The first-order chi connectivity index (χ1) is 8.54. The first-order valence-electron chi connectivity index (χ1n) is 7.31. The van der Waals surface area contributed by atoms with Crippen LogP contribution in [0.25, 0.3) is 0 Å². The largest absolute Gasteiger partial charge is 0.338 e. The Morgan fingerprint density at radius 2 is 2.06 bits per heavy atom. The summed E-state index contributed by atoms with van der Waals surface area (Å²) in [6.07, 6.45) is 5.88. The van der Waals surface area contributed by atoms with E-state index in [4.69, 9.17) is 5.73 Å². The second-order valence-electron chi connectivity index (χ2n) is 6.16. The second kappa shape index (κ2) is 5.57. The van der Waals surface area contributed by atoms with Crippen molar-refractivity contribution in [1.29, 1.82) is 0 Å². The summed E-state index contributed by atoms with van der Waals surface area (Å²) in [6, 6.07) is 0.369. The van der Waals surface area contributed by atoms with E-state index in [2.05, 4.69) is 23.8 Å². The monoisotopic (exact) mass is 253 g/mol. The molecule has 1 aliphatic carbocycles. The predicted molar refractivity (Wildman–Crippen MR) is 73.3 cm³/mol. The number of nitrogens with two attached hydrogens (primary N) is 1. The van der Waals surface area contributed by atoms with E-state index in [1.165, 1.54) is 6.42 Å². The lowest BCUT2D eigenvalue weighted by Crippen LogP contribution is -2.52. The van der Waals surface area contributed by atoms with Crippen molar-refractivity contribution in [2.75, 3.05) is 26.7 Å². The molecule has 2 aliphatic rings. The van der Waals surface area contributed by atoms with Crippen LogP contribution in [0.2, 0.25) is 0 Å². The predicted octanol–water partition coefficient (Wildman–Crippen LogP) is 1.20. The number of amides is 1. The van der Waals surface area contributed by atoms with Crippen molar-refractivity contribution in [2.24, 2.45) is 5.73 Å². The van der Waals surface area contributed by atoms with Crippen LogP contribution in [-0.4, -0.2) is 54.0 Å². The third-order valence-electron chi connectivity index (χ3n) is 4.55. The van der Waals surface area contributed by atoms with Crippen LogP contribution >= 0.6 is 0 Å². The molecule has 0 radical (unpaired) electrons. The smallest absolute Gasteiger partial charge is 0.224 e. The number of hydrogen-bond acceptors (Lipinski definition) is 3. The highest BCUT2D eigenvalue weighted by Gasteiger charge is 2.37. The molecule has 1 aliphatic heterocycles. The minimum atomic E-state index is -0.187. The van der Waals surface area contributed by atoms with Crippen LogP contribution < -0.4 is 5.73 Å². The van der Waals surface area contributed by atoms with Gasteiger partial charge >= 0.3 is 0 Å². The fraction of sp³-hybridized carbons (Fsp3) is 0.929. The van der Waals surface area contributed by atoms with E-state index in [-0.39, 0.29) is 11.4 Å². The molecule has 2 N–H and O–H groups in total. The van der Waals surface area contributed by atoms with Crippen molar-refractivity contribution in [2.45, 2.75) is 57.0 Å². The first kappa shape index (κ1) is 13.8. The SMILES string of the molecule is CCC1CN(C)CCCN1C(=O)CC1(N)CCC1. The second-order valence-corrected chi connectivity index (χ2v) is 6.16. The van der Waals surface area contributed by atoms with Gasteiger partial charge in [0, 0.05) is 31.1 Å². The zero-order chi connectivity index (χ0) is 13.2. The third-order valence-corrected chi connectivity index (χ3v) is 4.55. The van der Waals surface area contributed by atoms with Gasteiger partial charge in [-0.25, -0.2) is 0 Å². The standard InChI is InChI=1S/C14H27N3O/c1-3-12-11-16(2)8-5-9-17(12)13(18)10-14(15)6-4-7-14/h12H,3-11,15H2,1-2H3. The topological polar surface area (TPSA) is 49.6 Å². The third kappa shape index (κ3) is 3.04. The van der Waals surface area contributed by atoms with Crippen LogP contribution in [0.1, 0.15) is 45.4 Å². The van der Waals surface area contributed by atoms with Crippen LogP contribution in [0.5, 0.6) is 0 Å². The summed E-state index contributed by atoms with van der Waals surface area (Å²) in [6.45, 7) is 5.16. The average Bonchev–Trinajstić information content (AvgIpc) is 2.48. The van der Waals surface area contributed by atoms with E-state index in [9.17, 15) is 4.79 Å². The Morgan fingerprint density at radius 3 is 2.61 bits per heavy atom. The fourth-order valence-electron chi connectivity index (χ4n) is 3.13. The normalized spacial score (nSPS) is 28.6. The van der Waals surface area contributed by atoms with Crippen LogP contribution in [0.15, 0.2) is 0 Å². The van der Waals surface area contributed by atoms with Gasteiger partial charge in [-0.1, -0.05) is 6.92 Å². The molecule has 0 bridgehead atoms. The molecule has 0 spiro atoms. The summed E-state index contributed by atoms with van der Waals surface area (Å²) in [5.41, 5.74) is 6.02. The minimum Gasteiger partial charge on any atom is -0.338 e. The molecule has 1 heterocycles. The Hall–Kier alpha value is -0.610. The van der Waals surface area contributed by atoms with Crippen molar-refractivity contribution in [3.8, 4) is 0 Å². The highest BCUT2D eigenvalue weighted by Crippen LogP contribution is 2.33. The van der Waals surface area contributed by atoms with Gasteiger partial charge < -0.3 is 15.5 Å². The van der Waals surface area contributed by atoms with Crippen LogP contribution in [0.4, 0.5) is 0 Å². The van der Waals surface area contributed by atoms with E-state index < -0.39 is 0 Å². The molecule has 0 aromatic carbocycles. The van der Waals surface area contributed by atoms with Crippen LogP contribution in [0.3, 0.4) is 0 Å². The summed E-state index contributed by atoms with van der Waals surface area (Å²) >= 11 is 0. The Balaban J connectivity index is 1.97. The molecule has 1 atom stereocenters. The van der Waals surface area contributed by atoms with Crippen molar-refractivity contribution >= 4 is 5.91 Å². The fourth-order valence-corrected chi connectivity index (χ4v) is 3.13. The molecule has 1 saturated carbocycles. The highest BCUT2D eigenvalue weighted by molar-refractivity contribution is 5.78. The van der Waals surface area contributed by atoms with Crippen molar-refractivity contribution in [3.63, 3.8) is 0 Å².